The van der Waals surface area contributed by atoms with Gasteiger partial charge in [0.2, 0.25) is 5.91 Å². The van der Waals surface area contributed by atoms with Crippen molar-refractivity contribution in [2.24, 2.45) is 7.05 Å². The summed E-state index contributed by atoms with van der Waals surface area (Å²) in [7, 11) is 2.08. The molecule has 5 nitrogen and oxygen atoms in total. The third kappa shape index (κ3) is 3.11. The predicted molar refractivity (Wildman–Crippen MR) is 116 cm³/mol. The van der Waals surface area contributed by atoms with Gasteiger partial charge >= 0.3 is 0 Å². The van der Waals surface area contributed by atoms with E-state index in [2.05, 4.69) is 53.4 Å². The van der Waals surface area contributed by atoms with E-state index in [0.717, 1.165) is 54.0 Å². The zero-order valence-corrected chi connectivity index (χ0v) is 17.0. The van der Waals surface area contributed by atoms with Crippen molar-refractivity contribution in [1.29, 1.82) is 0 Å². The minimum Gasteiger partial charge on any atom is -0.340 e. The monoisotopic (exact) mass is 386 g/mol. The lowest BCUT2D eigenvalue weighted by Gasteiger charge is -2.32. The van der Waals surface area contributed by atoms with Crippen LogP contribution in [0.5, 0.6) is 0 Å². The molecule has 1 unspecified atom stereocenters. The van der Waals surface area contributed by atoms with Gasteiger partial charge in [-0.15, -0.1) is 0 Å². The Kier molecular flexibility index (Phi) is 4.38. The van der Waals surface area contributed by atoms with Crippen LogP contribution in [0.3, 0.4) is 0 Å². The summed E-state index contributed by atoms with van der Waals surface area (Å²) >= 11 is 0. The Morgan fingerprint density at radius 1 is 1.10 bits per heavy atom. The normalized spacial score (nSPS) is 17.3. The highest BCUT2D eigenvalue weighted by Gasteiger charge is 2.28. The number of nitrogens with zero attached hydrogens (tertiary/aromatic N) is 4. The van der Waals surface area contributed by atoms with Crippen molar-refractivity contribution < 1.29 is 4.79 Å². The van der Waals surface area contributed by atoms with Gasteiger partial charge in [-0.05, 0) is 49.4 Å². The molecule has 0 spiro atoms. The molecule has 0 saturated carbocycles. The second kappa shape index (κ2) is 7.07. The molecular weight excluding hydrogens is 360 g/mol. The average molecular weight is 386 g/mol. The van der Waals surface area contributed by atoms with E-state index in [4.69, 9.17) is 4.98 Å². The molecular formula is C24H26N4O. The van der Waals surface area contributed by atoms with E-state index < -0.39 is 0 Å². The molecule has 2 aromatic heterocycles. The summed E-state index contributed by atoms with van der Waals surface area (Å²) < 4.78 is 4.33. The Balaban J connectivity index is 1.38. The molecule has 4 aromatic rings. The van der Waals surface area contributed by atoms with Crippen molar-refractivity contribution in [3.63, 3.8) is 0 Å². The van der Waals surface area contributed by atoms with Crippen LogP contribution in [0.15, 0.2) is 54.6 Å². The topological polar surface area (TPSA) is 43.1 Å². The molecule has 29 heavy (non-hydrogen) atoms. The van der Waals surface area contributed by atoms with Crippen molar-refractivity contribution in [3.8, 4) is 0 Å². The number of imidazole rings is 1. The summed E-state index contributed by atoms with van der Waals surface area (Å²) in [5.74, 6) is 1.57. The maximum absolute atomic E-state index is 13.2. The molecule has 1 fully saturated rings. The first-order chi connectivity index (χ1) is 14.1. The summed E-state index contributed by atoms with van der Waals surface area (Å²) in [6.45, 7) is 4.05. The molecule has 0 bridgehead atoms. The van der Waals surface area contributed by atoms with Crippen LogP contribution in [-0.2, 0) is 18.4 Å². The summed E-state index contributed by atoms with van der Waals surface area (Å²) in [5, 5.41) is 1.19. The highest BCUT2D eigenvalue weighted by atomic mass is 16.2. The first-order valence-electron chi connectivity index (χ1n) is 10.4. The molecule has 0 aliphatic carbocycles. The van der Waals surface area contributed by atoms with Crippen LogP contribution in [0.2, 0.25) is 0 Å². The zero-order valence-electron chi connectivity index (χ0n) is 17.0. The van der Waals surface area contributed by atoms with Crippen LogP contribution in [-0.4, -0.2) is 38.0 Å². The molecule has 5 heteroatoms. The summed E-state index contributed by atoms with van der Waals surface area (Å²) in [4.78, 5) is 20.1. The van der Waals surface area contributed by atoms with E-state index in [1.165, 1.54) is 5.39 Å². The molecule has 0 N–H and O–H groups in total. The molecule has 148 valence electrons. The van der Waals surface area contributed by atoms with Crippen LogP contribution in [0.4, 0.5) is 0 Å². The van der Waals surface area contributed by atoms with Gasteiger partial charge in [0.25, 0.3) is 0 Å². The van der Waals surface area contributed by atoms with Gasteiger partial charge in [-0.1, -0.05) is 30.3 Å². The first kappa shape index (κ1) is 18.0. The molecule has 1 saturated heterocycles. The number of fused-ring (bicyclic) bond motifs is 2. The second-order valence-corrected chi connectivity index (χ2v) is 8.13. The van der Waals surface area contributed by atoms with Gasteiger partial charge in [-0.25, -0.2) is 4.98 Å². The number of piperidine rings is 1. The molecule has 1 atom stereocenters. The van der Waals surface area contributed by atoms with E-state index in [0.29, 0.717) is 6.54 Å². The highest BCUT2D eigenvalue weighted by molar-refractivity contribution is 5.84. The predicted octanol–water partition coefficient (Wildman–Crippen LogP) is 4.24. The van der Waals surface area contributed by atoms with E-state index in [-0.39, 0.29) is 11.8 Å². The molecule has 1 amide bonds. The van der Waals surface area contributed by atoms with Crippen molar-refractivity contribution in [2.45, 2.75) is 32.2 Å². The number of benzene rings is 2. The third-order valence-corrected chi connectivity index (χ3v) is 6.27. The fourth-order valence-corrected chi connectivity index (χ4v) is 4.74. The smallest absolute Gasteiger partial charge is 0.242 e. The summed E-state index contributed by atoms with van der Waals surface area (Å²) in [6, 6.07) is 18.7. The minimum atomic E-state index is 0.193. The lowest BCUT2D eigenvalue weighted by Crippen LogP contribution is -2.41. The highest BCUT2D eigenvalue weighted by Crippen LogP contribution is 2.29. The van der Waals surface area contributed by atoms with E-state index in [9.17, 15) is 4.79 Å². The molecule has 0 radical (unpaired) electrons. The Labute approximate surface area is 170 Å². The number of carbonyl (C=O) groups excluding carboxylic acids is 1. The van der Waals surface area contributed by atoms with E-state index >= 15 is 0 Å². The lowest BCUT2D eigenvalue weighted by atomic mass is 9.97. The SMILES string of the molecule is Cc1cc2ccccc2n1CC(=O)N1CCCC(c2nc3ccccc3n2C)C1. The van der Waals surface area contributed by atoms with Gasteiger partial charge in [-0.2, -0.15) is 0 Å². The van der Waals surface area contributed by atoms with E-state index in [1.54, 1.807) is 0 Å². The number of amides is 1. The quantitative estimate of drug-likeness (QED) is 0.528. The minimum absolute atomic E-state index is 0.193. The first-order valence-corrected chi connectivity index (χ1v) is 10.4. The van der Waals surface area contributed by atoms with Gasteiger partial charge in [0, 0.05) is 37.3 Å². The van der Waals surface area contributed by atoms with Gasteiger partial charge in [0.1, 0.15) is 12.4 Å². The maximum atomic E-state index is 13.2. The fraction of sp³-hybridized carbons (Fsp3) is 0.333. The van der Waals surface area contributed by atoms with Crippen LogP contribution in [0, 0.1) is 6.92 Å². The number of rotatable bonds is 3. The number of hydrogen-bond donors (Lipinski definition) is 0. The van der Waals surface area contributed by atoms with Gasteiger partial charge in [-0.3, -0.25) is 4.79 Å². The Morgan fingerprint density at radius 3 is 2.69 bits per heavy atom. The van der Waals surface area contributed by atoms with Crippen LogP contribution in [0.1, 0.15) is 30.3 Å². The maximum Gasteiger partial charge on any atom is 0.242 e. The number of aromatic nitrogens is 3. The number of aryl methyl sites for hydroxylation is 2. The van der Waals surface area contributed by atoms with Crippen LogP contribution < -0.4 is 0 Å². The second-order valence-electron chi connectivity index (χ2n) is 8.13. The van der Waals surface area contributed by atoms with Gasteiger partial charge in [0.05, 0.1) is 11.0 Å². The third-order valence-electron chi connectivity index (χ3n) is 6.27. The standard InChI is InChI=1S/C24H26N4O/c1-17-14-18-8-3-5-11-21(18)28(17)16-23(29)27-13-7-9-19(15-27)24-25-20-10-4-6-12-22(20)26(24)2/h3-6,8,10-12,14,19H,7,9,13,15-16H2,1-2H3. The number of likely N-dealkylation sites (tertiary alicyclic amines) is 1. The van der Waals surface area contributed by atoms with Crippen molar-refractivity contribution >= 4 is 27.8 Å². The number of hydrogen-bond acceptors (Lipinski definition) is 2. The lowest BCUT2D eigenvalue weighted by molar-refractivity contribution is -0.133. The Morgan fingerprint density at radius 2 is 1.86 bits per heavy atom. The largest absolute Gasteiger partial charge is 0.340 e. The summed E-state index contributed by atoms with van der Waals surface area (Å²) in [6.07, 6.45) is 2.09. The average Bonchev–Trinajstić information content (AvgIpc) is 3.25. The molecule has 5 rings (SSSR count). The van der Waals surface area contributed by atoms with Gasteiger partial charge < -0.3 is 14.0 Å². The Bertz CT molecular complexity index is 1200. The van der Waals surface area contributed by atoms with Crippen molar-refractivity contribution in [2.75, 3.05) is 13.1 Å². The van der Waals surface area contributed by atoms with Gasteiger partial charge in [0.15, 0.2) is 0 Å². The zero-order chi connectivity index (χ0) is 20.0. The van der Waals surface area contributed by atoms with Crippen LogP contribution >= 0.6 is 0 Å². The van der Waals surface area contributed by atoms with E-state index in [1.807, 2.05) is 29.2 Å². The molecule has 3 heterocycles. The number of para-hydroxylation sites is 3. The number of carbonyl (C=O) groups is 1. The Hall–Kier alpha value is -3.08. The summed E-state index contributed by atoms with van der Waals surface area (Å²) in [5.41, 5.74) is 4.44. The molecule has 1 aliphatic rings. The fourth-order valence-electron chi connectivity index (χ4n) is 4.74. The van der Waals surface area contributed by atoms with Crippen LogP contribution in [0.25, 0.3) is 21.9 Å². The van der Waals surface area contributed by atoms with Crippen molar-refractivity contribution in [1.82, 2.24) is 19.0 Å². The molecule has 2 aromatic carbocycles. The molecule has 1 aliphatic heterocycles. The van der Waals surface area contributed by atoms with Crippen molar-refractivity contribution in [3.05, 3.63) is 66.1 Å².